The first kappa shape index (κ1) is 14.7. The van der Waals surface area contributed by atoms with Crippen LogP contribution in [-0.2, 0) is 9.53 Å². The molecule has 0 saturated carbocycles. The van der Waals surface area contributed by atoms with Crippen LogP contribution in [0.15, 0.2) is 34.9 Å². The molecule has 2 rings (SSSR count). The minimum atomic E-state index is -1.03. The van der Waals surface area contributed by atoms with Crippen LogP contribution in [0, 0.1) is 12.7 Å². The van der Waals surface area contributed by atoms with E-state index in [9.17, 15) is 14.0 Å². The largest absolute Gasteiger partial charge is 0.447 e. The number of esters is 1. The first-order chi connectivity index (χ1) is 9.95. The molecule has 0 aliphatic rings. The lowest BCUT2D eigenvalue weighted by Crippen LogP contribution is -2.29. The summed E-state index contributed by atoms with van der Waals surface area (Å²) >= 11 is 0. The topological polar surface area (TPSA) is 81.4 Å². The van der Waals surface area contributed by atoms with E-state index in [0.29, 0.717) is 11.4 Å². The van der Waals surface area contributed by atoms with Gasteiger partial charge in [-0.15, -0.1) is 0 Å². The lowest BCUT2D eigenvalue weighted by molar-refractivity contribution is -0.123. The molecule has 7 heteroatoms. The van der Waals surface area contributed by atoms with E-state index < -0.39 is 23.8 Å². The van der Waals surface area contributed by atoms with Crippen LogP contribution in [0.3, 0.4) is 0 Å². The fraction of sp³-hybridized carbons (Fsp3) is 0.214. The molecule has 1 N–H and O–H groups in total. The van der Waals surface area contributed by atoms with Crippen molar-refractivity contribution in [3.8, 4) is 0 Å². The van der Waals surface area contributed by atoms with Gasteiger partial charge in [0.05, 0.1) is 5.69 Å². The molecule has 0 aliphatic carbocycles. The van der Waals surface area contributed by atoms with Gasteiger partial charge < -0.3 is 14.6 Å². The van der Waals surface area contributed by atoms with Crippen molar-refractivity contribution in [3.05, 3.63) is 47.6 Å². The van der Waals surface area contributed by atoms with Crippen molar-refractivity contribution in [2.24, 2.45) is 0 Å². The Morgan fingerprint density at radius 1 is 1.33 bits per heavy atom. The molecule has 2 aromatic rings. The Balaban J connectivity index is 1.93. The molecule has 1 heterocycles. The average Bonchev–Trinajstić information content (AvgIpc) is 2.88. The number of halogens is 1. The van der Waals surface area contributed by atoms with Crippen LogP contribution in [-0.4, -0.2) is 23.1 Å². The molecular weight excluding hydrogens is 279 g/mol. The van der Waals surface area contributed by atoms with Crippen LogP contribution in [0.2, 0.25) is 0 Å². The summed E-state index contributed by atoms with van der Waals surface area (Å²) in [5.41, 5.74) is 0.935. The first-order valence-electron chi connectivity index (χ1n) is 6.16. The molecule has 0 bridgehead atoms. The van der Waals surface area contributed by atoms with Gasteiger partial charge >= 0.3 is 5.97 Å². The van der Waals surface area contributed by atoms with Crippen molar-refractivity contribution >= 4 is 17.6 Å². The smallest absolute Gasteiger partial charge is 0.377 e. The fourth-order valence-electron chi connectivity index (χ4n) is 1.51. The predicted octanol–water partition coefficient (Wildman–Crippen LogP) is 2.31. The van der Waals surface area contributed by atoms with Crippen LogP contribution >= 0.6 is 0 Å². The second-order valence-electron chi connectivity index (χ2n) is 4.38. The molecule has 1 aromatic heterocycles. The molecule has 0 saturated heterocycles. The molecule has 1 amide bonds. The maximum Gasteiger partial charge on any atom is 0.377 e. The summed E-state index contributed by atoms with van der Waals surface area (Å²) in [5.74, 6) is -1.80. The van der Waals surface area contributed by atoms with Crippen molar-refractivity contribution < 1.29 is 23.2 Å². The number of rotatable bonds is 4. The highest BCUT2D eigenvalue weighted by atomic mass is 19.1. The molecule has 0 radical (unpaired) electrons. The Morgan fingerprint density at radius 2 is 2.00 bits per heavy atom. The Kier molecular flexibility index (Phi) is 4.32. The first-order valence-corrected chi connectivity index (χ1v) is 6.16. The fourth-order valence-corrected chi connectivity index (χ4v) is 1.51. The number of benzene rings is 1. The van der Waals surface area contributed by atoms with E-state index in [1.54, 1.807) is 6.92 Å². The quantitative estimate of drug-likeness (QED) is 0.874. The minimum Gasteiger partial charge on any atom is -0.447 e. The molecular formula is C14H13FN2O4. The molecule has 0 aliphatic heterocycles. The number of ether oxygens (including phenoxy) is 1. The Hall–Kier alpha value is -2.70. The van der Waals surface area contributed by atoms with Gasteiger partial charge in [-0.3, -0.25) is 4.79 Å². The van der Waals surface area contributed by atoms with Crippen LogP contribution in [0.25, 0.3) is 0 Å². The van der Waals surface area contributed by atoms with Crippen molar-refractivity contribution in [1.29, 1.82) is 0 Å². The highest BCUT2D eigenvalue weighted by Crippen LogP contribution is 2.11. The third-order valence-electron chi connectivity index (χ3n) is 2.59. The number of nitrogens with one attached hydrogen (secondary N) is 1. The summed E-state index contributed by atoms with van der Waals surface area (Å²) in [5, 5.41) is 6.06. The van der Waals surface area contributed by atoms with E-state index >= 15 is 0 Å². The summed E-state index contributed by atoms with van der Waals surface area (Å²) in [6.45, 7) is 3.07. The highest BCUT2D eigenvalue weighted by Gasteiger charge is 2.21. The molecule has 110 valence electrons. The van der Waals surface area contributed by atoms with Crippen LogP contribution in [0.1, 0.15) is 23.2 Å². The lowest BCUT2D eigenvalue weighted by Gasteiger charge is -2.12. The van der Waals surface area contributed by atoms with Crippen molar-refractivity contribution in [2.45, 2.75) is 20.0 Å². The third kappa shape index (κ3) is 3.88. The molecule has 0 unspecified atom stereocenters. The second kappa shape index (κ2) is 6.17. The average molecular weight is 292 g/mol. The molecule has 6 nitrogen and oxygen atoms in total. The number of amides is 1. The van der Waals surface area contributed by atoms with Gasteiger partial charge in [-0.25, -0.2) is 9.18 Å². The van der Waals surface area contributed by atoms with Crippen LogP contribution < -0.4 is 5.32 Å². The van der Waals surface area contributed by atoms with Crippen molar-refractivity contribution in [2.75, 3.05) is 5.32 Å². The van der Waals surface area contributed by atoms with Gasteiger partial charge in [-0.1, -0.05) is 5.16 Å². The SMILES string of the molecule is Cc1cc(C(=O)O[C@H](C)C(=O)Nc2ccc(F)cc2)on1. The van der Waals surface area contributed by atoms with E-state index in [2.05, 4.69) is 10.5 Å². The standard InChI is InChI=1S/C14H13FN2O4/c1-8-7-12(21-17-8)14(19)20-9(2)13(18)16-11-5-3-10(15)4-6-11/h3-7,9H,1-2H3,(H,16,18)/t9-/m1/s1. The van der Waals surface area contributed by atoms with Crippen molar-refractivity contribution in [1.82, 2.24) is 5.16 Å². The van der Waals surface area contributed by atoms with Crippen molar-refractivity contribution in [3.63, 3.8) is 0 Å². The maximum atomic E-state index is 12.7. The van der Waals surface area contributed by atoms with Gasteiger partial charge in [0.1, 0.15) is 5.82 Å². The number of nitrogens with zero attached hydrogens (tertiary/aromatic N) is 1. The van der Waals surface area contributed by atoms with E-state index in [0.717, 1.165) is 0 Å². The number of carbonyl (C=O) groups is 2. The zero-order chi connectivity index (χ0) is 15.4. The van der Waals surface area contributed by atoms with Crippen LogP contribution in [0.4, 0.5) is 10.1 Å². The monoisotopic (exact) mass is 292 g/mol. The third-order valence-corrected chi connectivity index (χ3v) is 2.59. The van der Waals surface area contributed by atoms with Gasteiger partial charge in [0, 0.05) is 11.8 Å². The summed E-state index contributed by atoms with van der Waals surface area (Å²) < 4.78 is 22.4. The van der Waals surface area contributed by atoms with Gasteiger partial charge in [0.25, 0.3) is 5.91 Å². The maximum absolute atomic E-state index is 12.7. The lowest BCUT2D eigenvalue weighted by atomic mass is 10.3. The summed E-state index contributed by atoms with van der Waals surface area (Å²) in [4.78, 5) is 23.5. The Labute approximate surface area is 119 Å². The summed E-state index contributed by atoms with van der Waals surface area (Å²) in [7, 11) is 0. The predicted molar refractivity (Wildman–Crippen MR) is 71.1 cm³/mol. The molecule has 0 spiro atoms. The number of hydrogen-bond acceptors (Lipinski definition) is 5. The zero-order valence-electron chi connectivity index (χ0n) is 11.4. The van der Waals surface area contributed by atoms with E-state index in [1.807, 2.05) is 0 Å². The van der Waals surface area contributed by atoms with E-state index in [4.69, 9.17) is 9.26 Å². The number of hydrogen-bond donors (Lipinski definition) is 1. The van der Waals surface area contributed by atoms with Gasteiger partial charge in [0.15, 0.2) is 6.10 Å². The van der Waals surface area contributed by atoms with Gasteiger partial charge in [0.2, 0.25) is 5.76 Å². The van der Waals surface area contributed by atoms with Gasteiger partial charge in [-0.2, -0.15) is 0 Å². The zero-order valence-corrected chi connectivity index (χ0v) is 11.4. The Bertz CT molecular complexity index is 651. The molecule has 21 heavy (non-hydrogen) atoms. The molecule has 1 aromatic carbocycles. The Morgan fingerprint density at radius 3 is 2.57 bits per heavy atom. The van der Waals surface area contributed by atoms with E-state index in [1.165, 1.54) is 37.3 Å². The normalized spacial score (nSPS) is 11.8. The molecule has 1 atom stereocenters. The highest BCUT2D eigenvalue weighted by molar-refractivity contribution is 5.96. The number of carbonyl (C=O) groups excluding carboxylic acids is 2. The molecule has 0 fully saturated rings. The number of aromatic nitrogens is 1. The minimum absolute atomic E-state index is 0.0751. The second-order valence-corrected chi connectivity index (χ2v) is 4.38. The number of anilines is 1. The van der Waals surface area contributed by atoms with E-state index in [-0.39, 0.29) is 5.76 Å². The van der Waals surface area contributed by atoms with Crippen LogP contribution in [0.5, 0.6) is 0 Å². The summed E-state index contributed by atoms with van der Waals surface area (Å²) in [6, 6.07) is 6.64. The number of aryl methyl sites for hydroxylation is 1. The van der Waals surface area contributed by atoms with Gasteiger partial charge in [-0.05, 0) is 38.1 Å². The summed E-state index contributed by atoms with van der Waals surface area (Å²) in [6.07, 6.45) is -1.03.